The van der Waals surface area contributed by atoms with Crippen LogP contribution >= 0.6 is 0 Å². The minimum atomic E-state index is -0.0780. The Morgan fingerprint density at radius 3 is 2.64 bits per heavy atom. The van der Waals surface area contributed by atoms with E-state index in [0.29, 0.717) is 18.2 Å². The molecule has 7 nitrogen and oxygen atoms in total. The molecule has 2 heterocycles. The van der Waals surface area contributed by atoms with Crippen LogP contribution in [0, 0.1) is 5.92 Å². The number of nitrogens with zero attached hydrogens (tertiary/aromatic N) is 3. The Bertz CT molecular complexity index is 854. The monoisotopic (exact) mass is 384 g/mol. The van der Waals surface area contributed by atoms with E-state index in [4.69, 9.17) is 15.2 Å². The molecule has 7 heteroatoms. The normalized spacial score (nSPS) is 16.5. The van der Waals surface area contributed by atoms with E-state index in [9.17, 15) is 4.79 Å². The Hall–Kier alpha value is -2.83. The largest absolute Gasteiger partial charge is 0.493 e. The van der Waals surface area contributed by atoms with E-state index in [0.717, 1.165) is 36.6 Å². The minimum absolute atomic E-state index is 0.0780. The molecule has 1 aromatic heterocycles. The summed E-state index contributed by atoms with van der Waals surface area (Å²) in [5, 5.41) is 0. The van der Waals surface area contributed by atoms with Crippen LogP contribution in [0.5, 0.6) is 11.5 Å². The van der Waals surface area contributed by atoms with Crippen molar-refractivity contribution in [3.8, 4) is 11.5 Å². The Kier molecular flexibility index (Phi) is 6.02. The molecule has 1 atom stereocenters. The van der Waals surface area contributed by atoms with Gasteiger partial charge in [-0.15, -0.1) is 0 Å². The number of hydrogen-bond acceptors (Lipinski definition) is 6. The summed E-state index contributed by atoms with van der Waals surface area (Å²) in [4.78, 5) is 23.1. The highest BCUT2D eigenvalue weighted by Gasteiger charge is 2.28. The van der Waals surface area contributed by atoms with Crippen molar-refractivity contribution in [3.05, 3.63) is 41.2 Å². The molecule has 1 amide bonds. The van der Waals surface area contributed by atoms with E-state index < -0.39 is 0 Å². The highest BCUT2D eigenvalue weighted by molar-refractivity contribution is 5.92. The Morgan fingerprint density at radius 1 is 1.21 bits per heavy atom. The zero-order valence-corrected chi connectivity index (χ0v) is 16.9. The van der Waals surface area contributed by atoms with E-state index >= 15 is 0 Å². The number of nitrogens with two attached hydrogens (primary N) is 1. The first kappa shape index (κ1) is 19.9. The van der Waals surface area contributed by atoms with Gasteiger partial charge < -0.3 is 20.1 Å². The quantitative estimate of drug-likeness (QED) is 0.823. The standard InChI is InChI=1S/C21H28N4O3/c1-13(2)16-11-17(24-21(22)23-16)20(26)25-8-7-15(12-25)9-14-5-6-18(27-3)19(10-14)28-4/h5-6,10-11,13,15H,7-9,12H2,1-4H3,(H2,22,23,24). The summed E-state index contributed by atoms with van der Waals surface area (Å²) in [6.07, 6.45) is 1.84. The molecular formula is C21H28N4O3. The molecule has 1 aliphatic rings. The average molecular weight is 384 g/mol. The van der Waals surface area contributed by atoms with Gasteiger partial charge in [0.25, 0.3) is 5.91 Å². The molecule has 28 heavy (non-hydrogen) atoms. The second-order valence-electron chi connectivity index (χ2n) is 7.49. The lowest BCUT2D eigenvalue weighted by Crippen LogP contribution is -2.30. The minimum Gasteiger partial charge on any atom is -0.493 e. The van der Waals surface area contributed by atoms with Crippen LogP contribution in [0.4, 0.5) is 5.95 Å². The molecular weight excluding hydrogens is 356 g/mol. The van der Waals surface area contributed by atoms with E-state index in [1.165, 1.54) is 5.56 Å². The summed E-state index contributed by atoms with van der Waals surface area (Å²) in [7, 11) is 3.26. The fourth-order valence-electron chi connectivity index (χ4n) is 3.58. The molecule has 0 spiro atoms. The predicted octanol–water partition coefficient (Wildman–Crippen LogP) is 2.90. The number of nitrogen functional groups attached to an aromatic ring is 1. The number of carbonyl (C=O) groups excluding carboxylic acids is 1. The van der Waals surface area contributed by atoms with Gasteiger partial charge in [-0.3, -0.25) is 4.79 Å². The lowest BCUT2D eigenvalue weighted by Gasteiger charge is -2.17. The van der Waals surface area contributed by atoms with E-state index in [-0.39, 0.29) is 17.8 Å². The molecule has 2 aromatic rings. The average Bonchev–Trinajstić information content (AvgIpc) is 3.15. The summed E-state index contributed by atoms with van der Waals surface area (Å²) >= 11 is 0. The van der Waals surface area contributed by atoms with Gasteiger partial charge in [0.1, 0.15) is 5.69 Å². The summed E-state index contributed by atoms with van der Waals surface area (Å²) in [6, 6.07) is 7.73. The molecule has 0 aliphatic carbocycles. The van der Waals surface area contributed by atoms with Crippen molar-refractivity contribution in [2.45, 2.75) is 32.6 Å². The van der Waals surface area contributed by atoms with Gasteiger partial charge in [-0.2, -0.15) is 0 Å². The van der Waals surface area contributed by atoms with Crippen LogP contribution in [-0.4, -0.2) is 48.1 Å². The molecule has 1 unspecified atom stereocenters. The van der Waals surface area contributed by atoms with E-state index in [1.54, 1.807) is 20.3 Å². The van der Waals surface area contributed by atoms with Crippen LogP contribution in [0.3, 0.4) is 0 Å². The van der Waals surface area contributed by atoms with Gasteiger partial charge in [0.05, 0.1) is 14.2 Å². The number of anilines is 1. The van der Waals surface area contributed by atoms with Gasteiger partial charge >= 0.3 is 0 Å². The van der Waals surface area contributed by atoms with Crippen LogP contribution in [-0.2, 0) is 6.42 Å². The fourth-order valence-corrected chi connectivity index (χ4v) is 3.58. The van der Waals surface area contributed by atoms with Gasteiger partial charge in [-0.25, -0.2) is 9.97 Å². The number of likely N-dealkylation sites (tertiary alicyclic amines) is 1. The molecule has 1 aromatic carbocycles. The van der Waals surface area contributed by atoms with Crippen molar-refractivity contribution in [1.29, 1.82) is 0 Å². The van der Waals surface area contributed by atoms with Crippen LogP contribution in [0.25, 0.3) is 0 Å². The molecule has 0 radical (unpaired) electrons. The molecule has 1 saturated heterocycles. The number of aromatic nitrogens is 2. The highest BCUT2D eigenvalue weighted by Crippen LogP contribution is 2.30. The Morgan fingerprint density at radius 2 is 1.96 bits per heavy atom. The van der Waals surface area contributed by atoms with Crippen molar-refractivity contribution in [3.63, 3.8) is 0 Å². The molecule has 0 saturated carbocycles. The number of hydrogen-bond donors (Lipinski definition) is 1. The van der Waals surface area contributed by atoms with Gasteiger partial charge in [-0.05, 0) is 48.4 Å². The Labute approximate surface area is 165 Å². The first-order valence-electron chi connectivity index (χ1n) is 9.56. The third kappa shape index (κ3) is 4.35. The third-order valence-electron chi connectivity index (χ3n) is 5.12. The first-order valence-corrected chi connectivity index (χ1v) is 9.56. The van der Waals surface area contributed by atoms with Gasteiger partial charge in [0.15, 0.2) is 11.5 Å². The van der Waals surface area contributed by atoms with Crippen LogP contribution in [0.2, 0.25) is 0 Å². The maximum atomic E-state index is 12.9. The highest BCUT2D eigenvalue weighted by atomic mass is 16.5. The summed E-state index contributed by atoms with van der Waals surface area (Å²) in [5.41, 5.74) is 8.14. The first-order chi connectivity index (χ1) is 13.4. The molecule has 150 valence electrons. The molecule has 1 aliphatic heterocycles. The van der Waals surface area contributed by atoms with E-state index in [1.807, 2.05) is 36.9 Å². The maximum absolute atomic E-state index is 12.9. The maximum Gasteiger partial charge on any atom is 0.272 e. The number of ether oxygens (including phenoxy) is 2. The van der Waals surface area contributed by atoms with Crippen molar-refractivity contribution in [2.24, 2.45) is 5.92 Å². The van der Waals surface area contributed by atoms with Crippen molar-refractivity contribution in [1.82, 2.24) is 14.9 Å². The van der Waals surface area contributed by atoms with Crippen LogP contribution in [0.15, 0.2) is 24.3 Å². The lowest BCUT2D eigenvalue weighted by atomic mass is 9.98. The number of amides is 1. The van der Waals surface area contributed by atoms with Gasteiger partial charge in [0.2, 0.25) is 5.95 Å². The molecule has 2 N–H and O–H groups in total. The number of methoxy groups -OCH3 is 2. The third-order valence-corrected chi connectivity index (χ3v) is 5.12. The number of rotatable bonds is 6. The SMILES string of the molecule is COc1ccc(CC2CCN(C(=O)c3cc(C(C)C)nc(N)n3)C2)cc1OC. The van der Waals surface area contributed by atoms with Crippen LogP contribution in [0.1, 0.15) is 47.9 Å². The van der Waals surface area contributed by atoms with Crippen LogP contribution < -0.4 is 15.2 Å². The fraction of sp³-hybridized carbons (Fsp3) is 0.476. The van der Waals surface area contributed by atoms with Gasteiger partial charge in [-0.1, -0.05) is 19.9 Å². The van der Waals surface area contributed by atoms with Crippen molar-refractivity contribution < 1.29 is 14.3 Å². The molecule has 3 rings (SSSR count). The Balaban J connectivity index is 1.68. The van der Waals surface area contributed by atoms with Gasteiger partial charge in [0, 0.05) is 18.8 Å². The lowest BCUT2D eigenvalue weighted by molar-refractivity contribution is 0.0781. The second-order valence-corrected chi connectivity index (χ2v) is 7.49. The van der Waals surface area contributed by atoms with Crippen molar-refractivity contribution >= 4 is 11.9 Å². The number of carbonyl (C=O) groups is 1. The number of benzene rings is 1. The molecule has 1 fully saturated rings. The topological polar surface area (TPSA) is 90.6 Å². The zero-order chi connectivity index (χ0) is 20.3. The second kappa shape index (κ2) is 8.46. The summed E-state index contributed by atoms with van der Waals surface area (Å²) in [6.45, 7) is 5.46. The summed E-state index contributed by atoms with van der Waals surface area (Å²) < 4.78 is 10.7. The summed E-state index contributed by atoms with van der Waals surface area (Å²) in [5.74, 6) is 2.10. The van der Waals surface area contributed by atoms with E-state index in [2.05, 4.69) is 9.97 Å². The molecule has 0 bridgehead atoms. The predicted molar refractivity (Wildman–Crippen MR) is 108 cm³/mol. The zero-order valence-electron chi connectivity index (χ0n) is 16.9. The van der Waals surface area contributed by atoms with Crippen molar-refractivity contribution in [2.75, 3.05) is 33.0 Å². The smallest absolute Gasteiger partial charge is 0.272 e.